The van der Waals surface area contributed by atoms with Gasteiger partial charge in [-0.3, -0.25) is 0 Å². The Bertz CT molecular complexity index is 1250. The lowest BCUT2D eigenvalue weighted by molar-refractivity contribution is 0.441. The van der Waals surface area contributed by atoms with E-state index < -0.39 is 0 Å². The largest absolute Gasteiger partial charge is 0.460 e. The van der Waals surface area contributed by atoms with Crippen LogP contribution >= 0.6 is 0 Å². The third-order valence-electron chi connectivity index (χ3n) is 5.42. The first-order valence-corrected chi connectivity index (χ1v) is 9.93. The summed E-state index contributed by atoms with van der Waals surface area (Å²) in [5.74, 6) is 3.93. The minimum Gasteiger partial charge on any atom is -0.460 e. The third kappa shape index (κ3) is 2.73. The Morgan fingerprint density at radius 3 is 1.93 bits per heavy atom. The monoisotopic (exact) mass is 387 g/mol. The predicted octanol–water partition coefficient (Wildman–Crippen LogP) is 5.80. The minimum atomic E-state index is 0.119. The summed E-state index contributed by atoms with van der Waals surface area (Å²) in [4.78, 5) is 14.5. The molecule has 2 heterocycles. The van der Waals surface area contributed by atoms with Crippen LogP contribution in [0.15, 0.2) is 103 Å². The van der Waals surface area contributed by atoms with Crippen LogP contribution in [0.25, 0.3) is 34.2 Å². The molecule has 0 saturated carbocycles. The first-order valence-electron chi connectivity index (χ1n) is 9.93. The van der Waals surface area contributed by atoms with Gasteiger partial charge in [0.05, 0.1) is 5.92 Å². The van der Waals surface area contributed by atoms with Crippen LogP contribution in [-0.4, -0.2) is 15.0 Å². The number of rotatable bonds is 3. The highest BCUT2D eigenvalue weighted by Crippen LogP contribution is 2.48. The SMILES string of the molecule is C1=CC2C(=C1)Oc1cccc(-c3nc(-c4ccccc4)nc(-c4ccccc4)n3)c12. The van der Waals surface area contributed by atoms with Gasteiger partial charge in [0, 0.05) is 22.3 Å². The Kier molecular flexibility index (Phi) is 3.81. The summed E-state index contributed by atoms with van der Waals surface area (Å²) in [7, 11) is 0. The Hall–Kier alpha value is -4.05. The summed E-state index contributed by atoms with van der Waals surface area (Å²) in [6.07, 6.45) is 6.21. The molecule has 0 radical (unpaired) electrons. The zero-order chi connectivity index (χ0) is 19.9. The lowest BCUT2D eigenvalue weighted by Crippen LogP contribution is -2.02. The number of ether oxygens (including phenoxy) is 1. The number of allylic oxidation sites excluding steroid dienone is 3. The topological polar surface area (TPSA) is 47.9 Å². The van der Waals surface area contributed by atoms with Gasteiger partial charge in [0.2, 0.25) is 0 Å². The molecule has 1 aliphatic carbocycles. The Morgan fingerprint density at radius 1 is 0.633 bits per heavy atom. The molecule has 0 fully saturated rings. The van der Waals surface area contributed by atoms with E-state index >= 15 is 0 Å². The van der Waals surface area contributed by atoms with Crippen LogP contribution in [0.4, 0.5) is 0 Å². The molecular weight excluding hydrogens is 370 g/mol. The quantitative estimate of drug-likeness (QED) is 0.446. The zero-order valence-electron chi connectivity index (χ0n) is 16.1. The standard InChI is InChI=1S/C26H17N3O/c1-3-9-17(10-4-1)24-27-25(18-11-5-2-6-12-18)29-26(28-24)20-14-8-16-22-23(20)19-13-7-15-21(19)30-22/h1-16,19H. The van der Waals surface area contributed by atoms with E-state index in [-0.39, 0.29) is 5.92 Å². The molecule has 0 saturated heterocycles. The van der Waals surface area contributed by atoms with Crippen molar-refractivity contribution in [2.24, 2.45) is 0 Å². The lowest BCUT2D eigenvalue weighted by atomic mass is 9.95. The van der Waals surface area contributed by atoms with Gasteiger partial charge < -0.3 is 4.74 Å². The van der Waals surface area contributed by atoms with Crippen molar-refractivity contribution in [2.45, 2.75) is 5.92 Å². The van der Waals surface area contributed by atoms with Crippen molar-refractivity contribution in [2.75, 3.05) is 0 Å². The number of aromatic nitrogens is 3. The molecule has 1 aromatic heterocycles. The summed E-state index contributed by atoms with van der Waals surface area (Å²) >= 11 is 0. The van der Waals surface area contributed by atoms with Crippen LogP contribution in [0.5, 0.6) is 5.75 Å². The van der Waals surface area contributed by atoms with Gasteiger partial charge in [0.15, 0.2) is 17.5 Å². The molecule has 1 atom stereocenters. The van der Waals surface area contributed by atoms with Gasteiger partial charge in [-0.2, -0.15) is 0 Å². The summed E-state index contributed by atoms with van der Waals surface area (Å²) in [5, 5.41) is 0. The van der Waals surface area contributed by atoms with Crippen LogP contribution in [0.1, 0.15) is 11.5 Å². The van der Waals surface area contributed by atoms with E-state index in [2.05, 4.69) is 12.1 Å². The van der Waals surface area contributed by atoms with Crippen molar-refractivity contribution in [1.29, 1.82) is 0 Å². The average Bonchev–Trinajstić information content (AvgIpc) is 3.41. The highest BCUT2D eigenvalue weighted by molar-refractivity contribution is 5.73. The third-order valence-corrected chi connectivity index (χ3v) is 5.42. The molecule has 3 aromatic carbocycles. The highest BCUT2D eigenvalue weighted by atomic mass is 16.5. The van der Waals surface area contributed by atoms with Gasteiger partial charge >= 0.3 is 0 Å². The summed E-state index contributed by atoms with van der Waals surface area (Å²) in [6, 6.07) is 26.1. The molecular formula is C26H17N3O. The van der Waals surface area contributed by atoms with Crippen molar-refractivity contribution < 1.29 is 4.74 Å². The highest BCUT2D eigenvalue weighted by Gasteiger charge is 2.33. The lowest BCUT2D eigenvalue weighted by Gasteiger charge is -2.11. The second-order valence-electron chi connectivity index (χ2n) is 7.29. The maximum Gasteiger partial charge on any atom is 0.164 e. The second-order valence-corrected chi connectivity index (χ2v) is 7.29. The molecule has 30 heavy (non-hydrogen) atoms. The molecule has 0 amide bonds. The Morgan fingerprint density at radius 2 is 1.27 bits per heavy atom. The van der Waals surface area contributed by atoms with Gasteiger partial charge in [-0.05, 0) is 12.1 Å². The summed E-state index contributed by atoms with van der Waals surface area (Å²) in [6.45, 7) is 0. The molecule has 6 rings (SSSR count). The number of fused-ring (bicyclic) bond motifs is 3. The fourth-order valence-corrected chi connectivity index (χ4v) is 4.00. The number of benzene rings is 3. The van der Waals surface area contributed by atoms with E-state index in [4.69, 9.17) is 19.7 Å². The van der Waals surface area contributed by atoms with Crippen LogP contribution in [0.2, 0.25) is 0 Å². The van der Waals surface area contributed by atoms with Gasteiger partial charge in [0.25, 0.3) is 0 Å². The minimum absolute atomic E-state index is 0.119. The average molecular weight is 387 g/mol. The predicted molar refractivity (Wildman–Crippen MR) is 117 cm³/mol. The van der Waals surface area contributed by atoms with E-state index in [9.17, 15) is 0 Å². The van der Waals surface area contributed by atoms with Crippen LogP contribution in [0, 0.1) is 0 Å². The molecule has 142 valence electrons. The fourth-order valence-electron chi connectivity index (χ4n) is 4.00. The van der Waals surface area contributed by atoms with E-state index in [1.807, 2.05) is 84.9 Å². The zero-order valence-corrected chi connectivity index (χ0v) is 16.1. The van der Waals surface area contributed by atoms with Crippen LogP contribution in [-0.2, 0) is 0 Å². The van der Waals surface area contributed by atoms with Gasteiger partial charge in [-0.15, -0.1) is 0 Å². The van der Waals surface area contributed by atoms with E-state index in [1.54, 1.807) is 0 Å². The fraction of sp³-hybridized carbons (Fsp3) is 0.0385. The first-order chi connectivity index (χ1) is 14.9. The van der Waals surface area contributed by atoms with Gasteiger partial charge in [0.1, 0.15) is 11.5 Å². The maximum absolute atomic E-state index is 6.05. The van der Waals surface area contributed by atoms with Crippen molar-refractivity contribution in [3.63, 3.8) is 0 Å². The van der Waals surface area contributed by atoms with Gasteiger partial charge in [-0.1, -0.05) is 84.9 Å². The number of hydrogen-bond acceptors (Lipinski definition) is 4. The van der Waals surface area contributed by atoms with Crippen LogP contribution < -0.4 is 4.74 Å². The normalized spacial score (nSPS) is 16.0. The summed E-state index contributed by atoms with van der Waals surface area (Å²) < 4.78 is 6.05. The Labute approximate surface area is 174 Å². The maximum atomic E-state index is 6.05. The Balaban J connectivity index is 1.58. The molecule has 0 bridgehead atoms. The first kappa shape index (κ1) is 16.9. The molecule has 0 N–H and O–H groups in total. The number of hydrogen-bond donors (Lipinski definition) is 0. The number of nitrogens with zero attached hydrogens (tertiary/aromatic N) is 3. The molecule has 2 aliphatic rings. The van der Waals surface area contributed by atoms with Crippen molar-refractivity contribution >= 4 is 0 Å². The summed E-state index contributed by atoms with van der Waals surface area (Å²) in [5.41, 5.74) is 4.01. The van der Waals surface area contributed by atoms with E-state index in [0.29, 0.717) is 17.5 Å². The molecule has 1 aliphatic heterocycles. The van der Waals surface area contributed by atoms with Crippen molar-refractivity contribution in [3.05, 3.63) is 108 Å². The van der Waals surface area contributed by atoms with Crippen molar-refractivity contribution in [3.8, 4) is 39.9 Å². The van der Waals surface area contributed by atoms with Crippen molar-refractivity contribution in [1.82, 2.24) is 15.0 Å². The second kappa shape index (κ2) is 6.78. The van der Waals surface area contributed by atoms with Gasteiger partial charge in [-0.25, -0.2) is 15.0 Å². The smallest absolute Gasteiger partial charge is 0.164 e. The molecule has 0 spiro atoms. The van der Waals surface area contributed by atoms with E-state index in [0.717, 1.165) is 33.8 Å². The van der Waals surface area contributed by atoms with Crippen LogP contribution in [0.3, 0.4) is 0 Å². The molecule has 4 aromatic rings. The van der Waals surface area contributed by atoms with E-state index in [1.165, 1.54) is 0 Å². The molecule has 4 nitrogen and oxygen atoms in total. The molecule has 1 unspecified atom stereocenters. The molecule has 4 heteroatoms.